The number of nitrogens with zero attached hydrogens (tertiary/aromatic N) is 4. The minimum Gasteiger partial charge on any atom is -0.423 e. The van der Waals surface area contributed by atoms with E-state index in [0.29, 0.717) is 175 Å². The number of sulfonamides is 1. The summed E-state index contributed by atoms with van der Waals surface area (Å²) in [7, 11) is -2.06. The molecule has 474 valence electrons. The van der Waals surface area contributed by atoms with Crippen molar-refractivity contribution in [3.05, 3.63) is 82.9 Å². The molecule has 3 aromatic rings. The number of esters is 1. The number of halogens is 4. The highest BCUT2D eigenvalue weighted by atomic mass is 32.2. The van der Waals surface area contributed by atoms with E-state index in [0.717, 1.165) is 29.5 Å². The van der Waals surface area contributed by atoms with Crippen molar-refractivity contribution in [1.29, 1.82) is 0 Å². The Morgan fingerprint density at radius 2 is 1.16 bits per heavy atom. The normalized spacial score (nSPS) is 13.9. The first-order valence-electron chi connectivity index (χ1n) is 28.6. The van der Waals surface area contributed by atoms with E-state index in [-0.39, 0.29) is 55.4 Å². The summed E-state index contributed by atoms with van der Waals surface area (Å²) in [5.74, 6) is -8.61. The van der Waals surface area contributed by atoms with Crippen LogP contribution in [0.2, 0.25) is 0 Å². The standard InChI is InChI=1S/C58H83F4N7O15S/c1-4-13-68(14-5-2)57(71)47-35-46-10-9-45(37-50(46)67-52(63)38-47)44-7-6-8-48(36-44)85(72,73)69-41-43(42-69)40-66-58(64-3)65-12-16-75-18-20-77-22-24-79-26-28-81-30-32-83-34-33-82-31-29-80-27-25-78-23-21-76-19-17-74-15-11-53(70)84-51-39-49(59)54(60)56(62)55(51)61/h6-10,35-37,39,43H,4-5,11-34,38,40-42H2,1-3H3,(H2,63,67)(H2,64,65,66). The number of benzene rings is 3. The molecular weight excluding hydrogens is 1140 g/mol. The smallest absolute Gasteiger partial charge is 0.313 e. The van der Waals surface area contributed by atoms with Crippen LogP contribution in [0.15, 0.2) is 69.0 Å². The van der Waals surface area contributed by atoms with Gasteiger partial charge in [0.25, 0.3) is 0 Å². The summed E-state index contributed by atoms with van der Waals surface area (Å²) < 4.78 is 141. The molecule has 0 bridgehead atoms. The van der Waals surface area contributed by atoms with E-state index in [9.17, 15) is 35.6 Å². The van der Waals surface area contributed by atoms with Crippen LogP contribution in [0.25, 0.3) is 17.2 Å². The van der Waals surface area contributed by atoms with Gasteiger partial charge in [0.1, 0.15) is 5.84 Å². The first-order chi connectivity index (χ1) is 41.2. The van der Waals surface area contributed by atoms with Gasteiger partial charge in [0, 0.05) is 75.9 Å². The molecule has 1 amide bonds. The summed E-state index contributed by atoms with van der Waals surface area (Å²) in [6.07, 6.45) is 3.51. The fourth-order valence-corrected chi connectivity index (χ4v) is 9.98. The molecule has 0 aromatic heterocycles. The molecule has 5 rings (SSSR count). The summed E-state index contributed by atoms with van der Waals surface area (Å²) in [4.78, 5) is 36.2. The lowest BCUT2D eigenvalue weighted by atomic mass is 10.0. The zero-order valence-electron chi connectivity index (χ0n) is 48.9. The molecule has 2 aliphatic rings. The highest BCUT2D eigenvalue weighted by molar-refractivity contribution is 7.89. The van der Waals surface area contributed by atoms with Gasteiger partial charge in [-0.3, -0.25) is 14.6 Å². The average Bonchev–Trinajstić information content (AvgIpc) is 2.51. The predicted molar refractivity (Wildman–Crippen MR) is 309 cm³/mol. The highest BCUT2D eigenvalue weighted by Crippen LogP contribution is 2.34. The van der Waals surface area contributed by atoms with E-state index in [1.807, 2.05) is 35.2 Å². The second-order valence-corrected chi connectivity index (χ2v) is 21.2. The number of carbonyl (C=O) groups is 2. The lowest BCUT2D eigenvalue weighted by Crippen LogP contribution is -2.54. The first kappa shape index (κ1) is 70.1. The number of carbonyl (C=O) groups excluding carboxylic acids is 2. The van der Waals surface area contributed by atoms with Gasteiger partial charge in [-0.15, -0.1) is 0 Å². The minimum atomic E-state index is -3.74. The van der Waals surface area contributed by atoms with Crippen molar-refractivity contribution in [3.8, 4) is 16.9 Å². The summed E-state index contributed by atoms with van der Waals surface area (Å²) in [5.41, 5.74) is 9.83. The monoisotopic (exact) mass is 1230 g/mol. The zero-order valence-corrected chi connectivity index (χ0v) is 49.7. The number of amidine groups is 1. The quantitative estimate of drug-likeness (QED) is 0.00952. The number of nitrogens with one attached hydrogen (secondary N) is 2. The first-order valence-corrected chi connectivity index (χ1v) is 30.0. The van der Waals surface area contributed by atoms with Crippen molar-refractivity contribution in [1.82, 2.24) is 19.8 Å². The van der Waals surface area contributed by atoms with E-state index < -0.39 is 45.0 Å². The Labute approximate surface area is 495 Å². The molecular formula is C58H83F4N7O15S. The molecule has 0 spiro atoms. The molecule has 0 saturated carbocycles. The van der Waals surface area contributed by atoms with Crippen molar-refractivity contribution < 1.29 is 87.7 Å². The number of guanidine groups is 1. The summed E-state index contributed by atoms with van der Waals surface area (Å²) in [6.45, 7) is 14.3. The molecule has 4 N–H and O–H groups in total. The van der Waals surface area contributed by atoms with E-state index in [4.69, 9.17) is 53.1 Å². The van der Waals surface area contributed by atoms with Crippen LogP contribution in [0.5, 0.6) is 5.75 Å². The summed E-state index contributed by atoms with van der Waals surface area (Å²) in [5, 5.41) is 6.49. The zero-order chi connectivity index (χ0) is 61.1. The molecule has 2 heterocycles. The van der Waals surface area contributed by atoms with Crippen LogP contribution >= 0.6 is 0 Å². The Bertz CT molecular complexity index is 2700. The summed E-state index contributed by atoms with van der Waals surface area (Å²) in [6, 6.07) is 12.8. The lowest BCUT2D eigenvalue weighted by molar-refractivity contribution is -0.136. The number of rotatable bonds is 44. The van der Waals surface area contributed by atoms with Crippen LogP contribution in [-0.2, 0) is 67.0 Å². The van der Waals surface area contributed by atoms with Crippen molar-refractivity contribution in [2.75, 3.05) is 178 Å². The Hall–Kier alpha value is -5.69. The maximum Gasteiger partial charge on any atom is 0.313 e. The Morgan fingerprint density at radius 1 is 0.659 bits per heavy atom. The van der Waals surface area contributed by atoms with Gasteiger partial charge in [-0.05, 0) is 48.2 Å². The third kappa shape index (κ3) is 25.3. The Morgan fingerprint density at radius 3 is 1.68 bits per heavy atom. The fourth-order valence-electron chi connectivity index (χ4n) is 8.34. The second-order valence-electron chi connectivity index (χ2n) is 19.3. The van der Waals surface area contributed by atoms with Gasteiger partial charge >= 0.3 is 5.97 Å². The van der Waals surface area contributed by atoms with E-state index in [1.165, 1.54) is 4.31 Å². The van der Waals surface area contributed by atoms with Gasteiger partial charge in [0.05, 0.1) is 149 Å². The highest BCUT2D eigenvalue weighted by Gasteiger charge is 2.37. The largest absolute Gasteiger partial charge is 0.423 e. The third-order valence-corrected chi connectivity index (χ3v) is 14.5. The van der Waals surface area contributed by atoms with Crippen LogP contribution < -0.4 is 21.1 Å². The van der Waals surface area contributed by atoms with Crippen LogP contribution in [0, 0.1) is 29.2 Å². The minimum absolute atomic E-state index is 0.0326. The van der Waals surface area contributed by atoms with Crippen LogP contribution in [0.1, 0.15) is 45.1 Å². The molecule has 22 nitrogen and oxygen atoms in total. The Kier molecular flexibility index (Phi) is 32.9. The number of aliphatic imine (C=N–C) groups is 2. The molecule has 0 radical (unpaired) electrons. The average molecular weight is 1230 g/mol. The van der Waals surface area contributed by atoms with Crippen LogP contribution in [-0.4, -0.2) is 220 Å². The Balaban J connectivity index is 0.760. The molecule has 0 aliphatic carbocycles. The maximum absolute atomic E-state index is 13.7. The number of fused-ring (bicyclic) bond motifs is 1. The van der Waals surface area contributed by atoms with E-state index in [2.05, 4.69) is 39.2 Å². The van der Waals surface area contributed by atoms with Gasteiger partial charge in [-0.25, -0.2) is 26.6 Å². The number of ether oxygens (including phenoxy) is 11. The van der Waals surface area contributed by atoms with Crippen LogP contribution in [0.4, 0.5) is 23.2 Å². The maximum atomic E-state index is 13.7. The number of nitrogens with two attached hydrogens (primary N) is 1. The number of hydrogen-bond donors (Lipinski definition) is 3. The molecule has 3 aromatic carbocycles. The lowest BCUT2D eigenvalue weighted by Gasteiger charge is -2.38. The van der Waals surface area contributed by atoms with Crippen molar-refractivity contribution >= 4 is 45.5 Å². The van der Waals surface area contributed by atoms with Crippen LogP contribution in [0.3, 0.4) is 0 Å². The molecule has 2 aliphatic heterocycles. The van der Waals surface area contributed by atoms with Gasteiger partial charge < -0.3 is 73.4 Å². The predicted octanol–water partition coefficient (Wildman–Crippen LogP) is 5.28. The van der Waals surface area contributed by atoms with Crippen molar-refractivity contribution in [3.63, 3.8) is 0 Å². The van der Waals surface area contributed by atoms with Crippen molar-refractivity contribution in [2.45, 2.75) is 44.4 Å². The molecule has 85 heavy (non-hydrogen) atoms. The van der Waals surface area contributed by atoms with Gasteiger partial charge in [0.2, 0.25) is 27.6 Å². The third-order valence-electron chi connectivity index (χ3n) is 12.7. The SMILES string of the molecule is CCCN(CCC)C(=O)C1=Cc2ccc(-c3cccc(S(=O)(=O)N4CC(CNC(=NC)NCCOCCOCCOCCOCCOCCOCCOCCOCCOCCOCCC(=O)Oc5cc(F)c(F)c(F)c5F)C4)c3)cc2N=C(N)C1. The molecule has 1 fully saturated rings. The number of amides is 1. The van der Waals surface area contributed by atoms with Gasteiger partial charge in [-0.2, -0.15) is 8.70 Å². The second kappa shape index (κ2) is 39.9. The topological polar surface area (TPSA) is 251 Å². The molecule has 0 atom stereocenters. The molecule has 1 saturated heterocycles. The van der Waals surface area contributed by atoms with E-state index >= 15 is 0 Å². The van der Waals surface area contributed by atoms with E-state index in [1.54, 1.807) is 25.2 Å². The molecule has 0 unspecified atom stereocenters. The fraction of sp³-hybridized carbons (Fsp3) is 0.586. The number of hydrogen-bond acceptors (Lipinski definition) is 18. The van der Waals surface area contributed by atoms with Gasteiger partial charge in [-0.1, -0.05) is 38.1 Å². The molecule has 27 heteroatoms. The van der Waals surface area contributed by atoms with Gasteiger partial charge in [0.15, 0.2) is 23.3 Å². The van der Waals surface area contributed by atoms with Crippen molar-refractivity contribution in [2.24, 2.45) is 21.6 Å². The summed E-state index contributed by atoms with van der Waals surface area (Å²) >= 11 is 0.